The number of hydrogen-bond acceptors (Lipinski definition) is 0. The molecule has 0 atom stereocenters. The molecule has 0 radical (unpaired) electrons. The zero-order valence-electron chi connectivity index (χ0n) is 13.5. The zero-order chi connectivity index (χ0) is 13.8. The average Bonchev–Trinajstić information content (AvgIpc) is 3.03. The topological polar surface area (TPSA) is 0 Å². The van der Waals surface area contributed by atoms with Crippen molar-refractivity contribution in [1.29, 1.82) is 0 Å². The lowest BCUT2D eigenvalue weighted by Crippen LogP contribution is -2.27. The predicted octanol–water partition coefficient (Wildman–Crippen LogP) is 7.00. The molecule has 0 bridgehead atoms. The van der Waals surface area contributed by atoms with Crippen LogP contribution in [0, 0.1) is 29.6 Å². The van der Waals surface area contributed by atoms with Gasteiger partial charge in [-0.25, -0.2) is 0 Å². The van der Waals surface area contributed by atoms with Gasteiger partial charge < -0.3 is 0 Å². The smallest absolute Gasteiger partial charge is 0.0233 e. The molecular weight excluding hydrogens is 252 g/mol. The van der Waals surface area contributed by atoms with E-state index in [9.17, 15) is 0 Å². The van der Waals surface area contributed by atoms with Gasteiger partial charge in [-0.15, -0.1) is 0 Å². The molecule has 0 nitrogen and oxygen atoms in total. The highest BCUT2D eigenvalue weighted by molar-refractivity contribution is 4.91. The molecule has 3 fully saturated rings. The predicted molar refractivity (Wildman–Crippen MR) is 94.4 cm³/mol. The van der Waals surface area contributed by atoms with E-state index in [0.29, 0.717) is 0 Å². The standard InChI is InChI=1S/C20H34.CH4/c1-2-5-16-8-10-18(11-9-16)20-14-12-19(13-15-20)17-6-3-4-7-17;/h2,5,16-20H,3-4,6-15H2,1H3;1H4/b5-2+;. The Kier molecular flexibility index (Phi) is 6.83. The molecule has 0 aromatic carbocycles. The third-order valence-corrected chi connectivity index (χ3v) is 6.83. The van der Waals surface area contributed by atoms with Gasteiger partial charge in [0.05, 0.1) is 0 Å². The Bertz CT molecular complexity index is 294. The Hall–Kier alpha value is -0.260. The molecule has 3 rings (SSSR count). The van der Waals surface area contributed by atoms with E-state index in [-0.39, 0.29) is 7.43 Å². The van der Waals surface area contributed by atoms with Crippen LogP contribution in [0.15, 0.2) is 12.2 Å². The van der Waals surface area contributed by atoms with E-state index in [4.69, 9.17) is 0 Å². The molecule has 122 valence electrons. The maximum absolute atomic E-state index is 2.45. The van der Waals surface area contributed by atoms with Gasteiger partial charge in [-0.3, -0.25) is 0 Å². The van der Waals surface area contributed by atoms with Crippen LogP contribution in [0.2, 0.25) is 0 Å². The van der Waals surface area contributed by atoms with Gasteiger partial charge in [0.2, 0.25) is 0 Å². The monoisotopic (exact) mass is 290 g/mol. The lowest BCUT2D eigenvalue weighted by Gasteiger charge is -2.39. The van der Waals surface area contributed by atoms with E-state index < -0.39 is 0 Å². The highest BCUT2D eigenvalue weighted by atomic mass is 14.4. The summed E-state index contributed by atoms with van der Waals surface area (Å²) in [6, 6.07) is 0. The van der Waals surface area contributed by atoms with E-state index in [1.807, 2.05) is 0 Å². The minimum atomic E-state index is 0. The summed E-state index contributed by atoms with van der Waals surface area (Å²) in [7, 11) is 0. The molecule has 0 saturated heterocycles. The van der Waals surface area contributed by atoms with Gasteiger partial charge in [-0.05, 0) is 87.9 Å². The lowest BCUT2D eigenvalue weighted by atomic mass is 9.67. The van der Waals surface area contributed by atoms with E-state index in [1.165, 1.54) is 38.5 Å². The molecule has 0 amide bonds. The van der Waals surface area contributed by atoms with Crippen molar-refractivity contribution in [3.63, 3.8) is 0 Å². The second kappa shape index (κ2) is 8.39. The van der Waals surface area contributed by atoms with Crippen LogP contribution in [0.25, 0.3) is 0 Å². The molecule has 0 heterocycles. The first-order valence-corrected chi connectivity index (χ1v) is 9.49. The Morgan fingerprint density at radius 1 is 0.571 bits per heavy atom. The van der Waals surface area contributed by atoms with Crippen LogP contribution in [0.5, 0.6) is 0 Å². The minimum absolute atomic E-state index is 0. The summed E-state index contributed by atoms with van der Waals surface area (Å²) in [5.41, 5.74) is 0. The van der Waals surface area contributed by atoms with E-state index in [2.05, 4.69) is 19.1 Å². The number of hydrogen-bond donors (Lipinski definition) is 0. The third kappa shape index (κ3) is 4.36. The van der Waals surface area contributed by atoms with Crippen molar-refractivity contribution in [2.45, 2.75) is 91.4 Å². The first-order valence-electron chi connectivity index (χ1n) is 9.49. The molecule has 3 saturated carbocycles. The van der Waals surface area contributed by atoms with Gasteiger partial charge in [0, 0.05) is 0 Å². The second-order valence-electron chi connectivity index (χ2n) is 7.92. The third-order valence-electron chi connectivity index (χ3n) is 6.83. The van der Waals surface area contributed by atoms with Crippen molar-refractivity contribution in [3.8, 4) is 0 Å². The van der Waals surface area contributed by atoms with Gasteiger partial charge in [-0.1, -0.05) is 45.3 Å². The first kappa shape index (κ1) is 17.1. The Balaban J connectivity index is 0.00000161. The molecule has 0 aromatic heterocycles. The van der Waals surface area contributed by atoms with Gasteiger partial charge in [0.15, 0.2) is 0 Å². The summed E-state index contributed by atoms with van der Waals surface area (Å²) in [5.74, 6) is 5.33. The highest BCUT2D eigenvalue weighted by Gasteiger charge is 2.33. The van der Waals surface area contributed by atoms with E-state index >= 15 is 0 Å². The fourth-order valence-electron chi connectivity index (χ4n) is 5.60. The van der Waals surface area contributed by atoms with Crippen LogP contribution >= 0.6 is 0 Å². The van der Waals surface area contributed by atoms with Crippen molar-refractivity contribution in [1.82, 2.24) is 0 Å². The van der Waals surface area contributed by atoms with Crippen molar-refractivity contribution in [3.05, 3.63) is 12.2 Å². The summed E-state index contributed by atoms with van der Waals surface area (Å²) < 4.78 is 0. The normalized spacial score (nSPS) is 38.5. The van der Waals surface area contributed by atoms with Gasteiger partial charge in [0.25, 0.3) is 0 Å². The second-order valence-corrected chi connectivity index (χ2v) is 7.92. The minimum Gasteiger partial charge on any atom is -0.0914 e. The molecule has 3 aliphatic carbocycles. The molecule has 3 aliphatic rings. The molecular formula is C21H38. The molecule has 0 N–H and O–H groups in total. The molecule has 0 aromatic rings. The Morgan fingerprint density at radius 2 is 0.952 bits per heavy atom. The number of rotatable bonds is 3. The fraction of sp³-hybridized carbons (Fsp3) is 0.905. The summed E-state index contributed by atoms with van der Waals surface area (Å²) in [6.07, 6.45) is 23.2. The SMILES string of the molecule is C.C/C=C/C1CCC(C2CCC(C3CCCC3)CC2)CC1. The van der Waals surface area contributed by atoms with Crippen LogP contribution < -0.4 is 0 Å². The number of allylic oxidation sites excluding steroid dienone is 2. The molecule has 21 heavy (non-hydrogen) atoms. The Morgan fingerprint density at radius 3 is 1.38 bits per heavy atom. The first-order chi connectivity index (χ1) is 9.86. The van der Waals surface area contributed by atoms with Crippen molar-refractivity contribution in [2.75, 3.05) is 0 Å². The lowest BCUT2D eigenvalue weighted by molar-refractivity contribution is 0.132. The van der Waals surface area contributed by atoms with E-state index in [0.717, 1.165) is 29.6 Å². The Labute approximate surface area is 133 Å². The van der Waals surface area contributed by atoms with Crippen LogP contribution in [-0.4, -0.2) is 0 Å². The fourth-order valence-corrected chi connectivity index (χ4v) is 5.60. The highest BCUT2D eigenvalue weighted by Crippen LogP contribution is 2.45. The average molecular weight is 291 g/mol. The summed E-state index contributed by atoms with van der Waals surface area (Å²) in [4.78, 5) is 0. The largest absolute Gasteiger partial charge is 0.0914 e. The molecule has 0 heteroatoms. The maximum atomic E-state index is 2.45. The van der Waals surface area contributed by atoms with Crippen LogP contribution in [0.4, 0.5) is 0 Å². The van der Waals surface area contributed by atoms with Crippen molar-refractivity contribution < 1.29 is 0 Å². The summed E-state index contributed by atoms with van der Waals surface area (Å²) in [6.45, 7) is 2.18. The van der Waals surface area contributed by atoms with Crippen LogP contribution in [0.3, 0.4) is 0 Å². The van der Waals surface area contributed by atoms with Crippen LogP contribution in [0.1, 0.15) is 91.4 Å². The maximum Gasteiger partial charge on any atom is -0.0233 e. The quantitative estimate of drug-likeness (QED) is 0.491. The van der Waals surface area contributed by atoms with Gasteiger partial charge >= 0.3 is 0 Å². The van der Waals surface area contributed by atoms with Gasteiger partial charge in [0.1, 0.15) is 0 Å². The summed E-state index contributed by atoms with van der Waals surface area (Å²) >= 11 is 0. The van der Waals surface area contributed by atoms with Crippen LogP contribution in [-0.2, 0) is 0 Å². The van der Waals surface area contributed by atoms with E-state index in [1.54, 1.807) is 38.5 Å². The van der Waals surface area contributed by atoms with Crippen molar-refractivity contribution in [2.24, 2.45) is 29.6 Å². The molecule has 0 aliphatic heterocycles. The van der Waals surface area contributed by atoms with Crippen molar-refractivity contribution >= 4 is 0 Å². The molecule has 0 unspecified atom stereocenters. The van der Waals surface area contributed by atoms with Gasteiger partial charge in [-0.2, -0.15) is 0 Å². The zero-order valence-corrected chi connectivity index (χ0v) is 13.5. The summed E-state index contributed by atoms with van der Waals surface area (Å²) in [5, 5.41) is 0. The molecule has 0 spiro atoms.